The van der Waals surface area contributed by atoms with E-state index >= 15 is 0 Å². The van der Waals surface area contributed by atoms with Gasteiger partial charge < -0.3 is 9.30 Å². The number of nitrogens with zero attached hydrogens (tertiary/aromatic N) is 6. The van der Waals surface area contributed by atoms with E-state index in [-0.39, 0.29) is 0 Å². The maximum atomic E-state index is 5.60. The summed E-state index contributed by atoms with van der Waals surface area (Å²) in [6.45, 7) is 8.19. The van der Waals surface area contributed by atoms with E-state index in [2.05, 4.69) is 39.6 Å². The van der Waals surface area contributed by atoms with Crippen LogP contribution in [-0.2, 0) is 17.9 Å². The van der Waals surface area contributed by atoms with Gasteiger partial charge in [-0.3, -0.25) is 0 Å². The minimum Gasteiger partial charge on any atom is -0.374 e. The number of unbranched alkanes of at least 4 members (excludes halogenated alkanes) is 1. The minimum atomic E-state index is 0.498. The van der Waals surface area contributed by atoms with Gasteiger partial charge in [0, 0.05) is 18.8 Å². The molecule has 0 fully saturated rings. The summed E-state index contributed by atoms with van der Waals surface area (Å²) in [5.41, 5.74) is 4.85. The Hall–Kier alpha value is -1.67. The standard InChI is InChI=1S/C15H22N6OS/c1-4-22-9-12-16-13-14(20(12)7-5-6-8-23)10(2)11(3)21-15(13)17-18-19-21/h23H,4-9H2,1-3H3. The number of hydrogen-bond acceptors (Lipinski definition) is 6. The molecule has 3 aromatic rings. The highest BCUT2D eigenvalue weighted by Gasteiger charge is 2.19. The molecule has 23 heavy (non-hydrogen) atoms. The Morgan fingerprint density at radius 2 is 2.04 bits per heavy atom. The molecule has 0 saturated heterocycles. The second kappa shape index (κ2) is 6.84. The Balaban J connectivity index is 2.20. The van der Waals surface area contributed by atoms with E-state index < -0.39 is 0 Å². The molecule has 7 nitrogen and oxygen atoms in total. The molecule has 0 bridgehead atoms. The number of aromatic nitrogens is 6. The highest BCUT2D eigenvalue weighted by molar-refractivity contribution is 7.80. The fraction of sp³-hybridized carbons (Fsp3) is 0.600. The van der Waals surface area contributed by atoms with Crippen LogP contribution in [0.4, 0.5) is 0 Å². The molecule has 0 amide bonds. The SMILES string of the molecule is CCOCc1nc2c(c(C)c(C)n3nnnc23)n1CCCCS. The molecule has 8 heteroatoms. The molecular weight excluding hydrogens is 312 g/mol. The van der Waals surface area contributed by atoms with E-state index in [1.54, 1.807) is 4.52 Å². The normalized spacial score (nSPS) is 11.8. The third-order valence-corrected chi connectivity index (χ3v) is 4.48. The Kier molecular flexibility index (Phi) is 4.82. The summed E-state index contributed by atoms with van der Waals surface area (Å²) in [6.07, 6.45) is 2.13. The van der Waals surface area contributed by atoms with E-state index in [9.17, 15) is 0 Å². The first-order chi connectivity index (χ1) is 11.2. The predicted octanol–water partition coefficient (Wildman–Crippen LogP) is 2.34. The molecule has 3 heterocycles. The van der Waals surface area contributed by atoms with E-state index in [0.29, 0.717) is 18.9 Å². The van der Waals surface area contributed by atoms with Crippen LogP contribution in [0, 0.1) is 13.8 Å². The van der Waals surface area contributed by atoms with Gasteiger partial charge in [0.25, 0.3) is 0 Å². The minimum absolute atomic E-state index is 0.498. The molecule has 0 unspecified atom stereocenters. The molecule has 0 aliphatic carbocycles. The van der Waals surface area contributed by atoms with Gasteiger partial charge >= 0.3 is 0 Å². The second-order valence-corrected chi connectivity index (χ2v) is 6.02. The van der Waals surface area contributed by atoms with E-state index in [1.807, 2.05) is 13.8 Å². The number of imidazole rings is 1. The maximum absolute atomic E-state index is 5.60. The fourth-order valence-electron chi connectivity index (χ4n) is 2.85. The van der Waals surface area contributed by atoms with Crippen molar-refractivity contribution >= 4 is 29.3 Å². The Morgan fingerprint density at radius 3 is 2.78 bits per heavy atom. The van der Waals surface area contributed by atoms with Crippen molar-refractivity contribution in [1.29, 1.82) is 0 Å². The van der Waals surface area contributed by atoms with Crippen LogP contribution in [0.2, 0.25) is 0 Å². The molecule has 0 aliphatic rings. The van der Waals surface area contributed by atoms with Gasteiger partial charge in [0.15, 0.2) is 0 Å². The quantitative estimate of drug-likeness (QED) is 0.530. The first kappa shape index (κ1) is 16.2. The van der Waals surface area contributed by atoms with Gasteiger partial charge in [-0.2, -0.15) is 17.1 Å². The number of thiol groups is 1. The lowest BCUT2D eigenvalue weighted by molar-refractivity contribution is 0.126. The van der Waals surface area contributed by atoms with Crippen LogP contribution in [0.3, 0.4) is 0 Å². The number of hydrogen-bond donors (Lipinski definition) is 1. The molecule has 0 aromatic carbocycles. The maximum Gasteiger partial charge on any atom is 0.207 e. The van der Waals surface area contributed by atoms with Crippen LogP contribution in [-0.4, -0.2) is 42.0 Å². The van der Waals surface area contributed by atoms with Crippen molar-refractivity contribution in [1.82, 2.24) is 29.6 Å². The lowest BCUT2D eigenvalue weighted by Crippen LogP contribution is -2.08. The van der Waals surface area contributed by atoms with Crippen LogP contribution < -0.4 is 0 Å². The number of rotatable bonds is 7. The van der Waals surface area contributed by atoms with Gasteiger partial charge in [-0.05, 0) is 55.4 Å². The third kappa shape index (κ3) is 2.81. The number of ether oxygens (including phenoxy) is 1. The summed E-state index contributed by atoms with van der Waals surface area (Å²) < 4.78 is 9.62. The lowest BCUT2D eigenvalue weighted by Gasteiger charge is -2.11. The topological polar surface area (TPSA) is 70.1 Å². The van der Waals surface area contributed by atoms with Gasteiger partial charge in [0.1, 0.15) is 17.9 Å². The molecular formula is C15H22N6OS. The zero-order valence-corrected chi connectivity index (χ0v) is 14.7. The molecule has 0 radical (unpaired) electrons. The van der Waals surface area contributed by atoms with Crippen LogP contribution in [0.25, 0.3) is 16.7 Å². The first-order valence-corrected chi connectivity index (χ1v) is 8.57. The largest absolute Gasteiger partial charge is 0.374 e. The van der Waals surface area contributed by atoms with Crippen LogP contribution in [0.1, 0.15) is 36.8 Å². The van der Waals surface area contributed by atoms with Gasteiger partial charge in [0.05, 0.1) is 5.52 Å². The lowest BCUT2D eigenvalue weighted by atomic mass is 10.2. The van der Waals surface area contributed by atoms with Gasteiger partial charge in [-0.15, -0.1) is 5.10 Å². The molecule has 0 saturated carbocycles. The van der Waals surface area contributed by atoms with Gasteiger partial charge in [-0.25, -0.2) is 4.98 Å². The van der Waals surface area contributed by atoms with Crippen molar-refractivity contribution in [3.63, 3.8) is 0 Å². The first-order valence-electron chi connectivity index (χ1n) is 7.94. The van der Waals surface area contributed by atoms with Crippen molar-refractivity contribution in [2.24, 2.45) is 0 Å². The molecule has 0 aliphatic heterocycles. The predicted molar refractivity (Wildman–Crippen MR) is 92.0 cm³/mol. The molecule has 0 spiro atoms. The van der Waals surface area contributed by atoms with Crippen molar-refractivity contribution in [2.75, 3.05) is 12.4 Å². The van der Waals surface area contributed by atoms with E-state index in [4.69, 9.17) is 9.72 Å². The number of tetrazole rings is 1. The molecule has 3 rings (SSSR count). The van der Waals surface area contributed by atoms with Crippen molar-refractivity contribution in [3.05, 3.63) is 17.1 Å². The van der Waals surface area contributed by atoms with E-state index in [1.165, 1.54) is 0 Å². The summed E-state index contributed by atoms with van der Waals surface area (Å²) in [5.74, 6) is 1.82. The summed E-state index contributed by atoms with van der Waals surface area (Å²) in [5, 5.41) is 12.0. The van der Waals surface area contributed by atoms with Crippen LogP contribution >= 0.6 is 12.6 Å². The van der Waals surface area contributed by atoms with E-state index in [0.717, 1.165) is 53.3 Å². The summed E-state index contributed by atoms with van der Waals surface area (Å²) in [4.78, 5) is 4.79. The zero-order valence-electron chi connectivity index (χ0n) is 13.8. The number of aryl methyl sites for hydroxylation is 3. The summed E-state index contributed by atoms with van der Waals surface area (Å²) >= 11 is 4.30. The van der Waals surface area contributed by atoms with Crippen molar-refractivity contribution in [3.8, 4) is 0 Å². The molecule has 0 atom stereocenters. The molecule has 3 aromatic heterocycles. The fourth-order valence-corrected chi connectivity index (χ4v) is 3.08. The Bertz CT molecular complexity index is 824. The number of fused-ring (bicyclic) bond motifs is 3. The summed E-state index contributed by atoms with van der Waals surface area (Å²) in [7, 11) is 0. The smallest absolute Gasteiger partial charge is 0.207 e. The van der Waals surface area contributed by atoms with Crippen LogP contribution in [0.15, 0.2) is 0 Å². The Morgan fingerprint density at radius 1 is 1.22 bits per heavy atom. The highest BCUT2D eigenvalue weighted by Crippen LogP contribution is 2.26. The van der Waals surface area contributed by atoms with Crippen molar-refractivity contribution in [2.45, 2.75) is 46.8 Å². The monoisotopic (exact) mass is 334 g/mol. The average Bonchev–Trinajstić information content (AvgIpc) is 3.16. The second-order valence-electron chi connectivity index (χ2n) is 5.57. The van der Waals surface area contributed by atoms with Gasteiger partial charge in [-0.1, -0.05) is 0 Å². The van der Waals surface area contributed by atoms with Gasteiger partial charge in [0.2, 0.25) is 5.65 Å². The van der Waals surface area contributed by atoms with Crippen molar-refractivity contribution < 1.29 is 4.74 Å². The highest BCUT2D eigenvalue weighted by atomic mass is 32.1. The zero-order chi connectivity index (χ0) is 16.4. The number of pyridine rings is 1. The third-order valence-electron chi connectivity index (χ3n) is 4.17. The summed E-state index contributed by atoms with van der Waals surface area (Å²) in [6, 6.07) is 0. The Labute approximate surface area is 140 Å². The molecule has 124 valence electrons. The molecule has 0 N–H and O–H groups in total. The van der Waals surface area contributed by atoms with Crippen LogP contribution in [0.5, 0.6) is 0 Å². The average molecular weight is 334 g/mol.